The molecule has 1 aromatic heterocycles. The minimum Gasteiger partial charge on any atom is -0.341 e. The fourth-order valence-electron chi connectivity index (χ4n) is 2.65. The van der Waals surface area contributed by atoms with Gasteiger partial charge in [-0.3, -0.25) is 4.79 Å². The largest absolute Gasteiger partial charge is 0.341 e. The average Bonchev–Trinajstić information content (AvgIpc) is 3.08. The van der Waals surface area contributed by atoms with Gasteiger partial charge in [-0.05, 0) is 35.4 Å². The zero-order chi connectivity index (χ0) is 19.2. The number of rotatable bonds is 7. The topological polar surface area (TPSA) is 46.9 Å². The predicted molar refractivity (Wildman–Crippen MR) is 107 cm³/mol. The van der Waals surface area contributed by atoms with Crippen LogP contribution < -0.4 is 5.32 Å². The monoisotopic (exact) mass is 403 g/mol. The number of aryl methyl sites for hydroxylation is 1. The molecule has 0 fully saturated rings. The highest BCUT2D eigenvalue weighted by atomic mass is 35.5. The van der Waals surface area contributed by atoms with Crippen LogP contribution in [0.3, 0.4) is 0 Å². The number of benzene rings is 2. The lowest BCUT2D eigenvalue weighted by atomic mass is 10.1. The molecule has 0 radical (unpaired) electrons. The lowest BCUT2D eigenvalue weighted by Gasteiger charge is -2.19. The molecule has 1 atom stereocenters. The first-order chi connectivity index (χ1) is 13.0. The number of nitrogens with one attached hydrogen (secondary N) is 1. The third kappa shape index (κ3) is 5.34. The summed E-state index contributed by atoms with van der Waals surface area (Å²) >= 11 is 7.46. The summed E-state index contributed by atoms with van der Waals surface area (Å²) in [6.07, 6.45) is 3.54. The van der Waals surface area contributed by atoms with Crippen LogP contribution in [0.15, 0.2) is 60.9 Å². The summed E-state index contributed by atoms with van der Waals surface area (Å²) in [5.41, 5.74) is 1.89. The summed E-state index contributed by atoms with van der Waals surface area (Å²) < 4.78 is 14.8. The average molecular weight is 404 g/mol. The molecule has 3 rings (SSSR count). The van der Waals surface area contributed by atoms with Crippen LogP contribution in [0.1, 0.15) is 23.0 Å². The fraction of sp³-hybridized carbons (Fsp3) is 0.200. The van der Waals surface area contributed by atoms with Crippen LogP contribution in [0.2, 0.25) is 5.02 Å². The summed E-state index contributed by atoms with van der Waals surface area (Å²) in [4.78, 5) is 16.9. The van der Waals surface area contributed by atoms with E-state index in [9.17, 15) is 9.18 Å². The lowest BCUT2D eigenvalue weighted by Crippen LogP contribution is -2.32. The second-order valence-electron chi connectivity index (χ2n) is 6.07. The van der Waals surface area contributed by atoms with E-state index in [1.165, 1.54) is 23.9 Å². The predicted octanol–water partition coefficient (Wildman–Crippen LogP) is 4.35. The molecule has 3 aromatic rings. The molecule has 0 saturated heterocycles. The molecule has 0 spiro atoms. The Kier molecular flexibility index (Phi) is 6.53. The van der Waals surface area contributed by atoms with Gasteiger partial charge in [-0.1, -0.05) is 35.9 Å². The Morgan fingerprint density at radius 2 is 1.93 bits per heavy atom. The summed E-state index contributed by atoms with van der Waals surface area (Å²) in [6.45, 7) is 0. The van der Waals surface area contributed by atoms with Crippen molar-refractivity contribution in [1.82, 2.24) is 14.9 Å². The van der Waals surface area contributed by atoms with E-state index in [1.807, 2.05) is 29.9 Å². The quantitative estimate of drug-likeness (QED) is 0.637. The minimum atomic E-state index is -0.360. The van der Waals surface area contributed by atoms with E-state index in [0.29, 0.717) is 16.5 Å². The van der Waals surface area contributed by atoms with Gasteiger partial charge in [0.05, 0.1) is 5.75 Å². The van der Waals surface area contributed by atoms with Gasteiger partial charge in [0.1, 0.15) is 17.7 Å². The maximum absolute atomic E-state index is 12.9. The molecule has 0 unspecified atom stereocenters. The van der Waals surface area contributed by atoms with Crippen LogP contribution in [-0.2, 0) is 17.6 Å². The Hall–Kier alpha value is -2.31. The van der Waals surface area contributed by atoms with Crippen LogP contribution in [0.25, 0.3) is 0 Å². The summed E-state index contributed by atoms with van der Waals surface area (Å²) in [5, 5.41) is 3.68. The van der Waals surface area contributed by atoms with Crippen LogP contribution in [-0.4, -0.2) is 21.2 Å². The number of thioether (sulfide) groups is 1. The van der Waals surface area contributed by atoms with E-state index < -0.39 is 0 Å². The summed E-state index contributed by atoms with van der Waals surface area (Å²) in [7, 11) is 1.89. The number of nitrogens with zero attached hydrogens (tertiary/aromatic N) is 2. The molecular formula is C20H19ClFN3OS. The van der Waals surface area contributed by atoms with Crippen LogP contribution >= 0.6 is 23.4 Å². The molecule has 2 aromatic carbocycles. The van der Waals surface area contributed by atoms with Crippen molar-refractivity contribution in [2.45, 2.75) is 11.8 Å². The van der Waals surface area contributed by atoms with Gasteiger partial charge in [0.15, 0.2) is 0 Å². The van der Waals surface area contributed by atoms with Crippen molar-refractivity contribution in [3.63, 3.8) is 0 Å². The number of amides is 1. The van der Waals surface area contributed by atoms with Crippen molar-refractivity contribution < 1.29 is 9.18 Å². The highest BCUT2D eigenvalue weighted by molar-refractivity contribution is 7.99. The summed E-state index contributed by atoms with van der Waals surface area (Å²) in [6, 6.07) is 13.3. The van der Waals surface area contributed by atoms with E-state index in [-0.39, 0.29) is 17.8 Å². The molecule has 1 N–H and O–H groups in total. The molecule has 4 nitrogen and oxygen atoms in total. The van der Waals surface area contributed by atoms with Gasteiger partial charge in [0, 0.05) is 30.2 Å². The Morgan fingerprint density at radius 1 is 1.22 bits per heavy atom. The first kappa shape index (κ1) is 19.5. The van der Waals surface area contributed by atoms with Gasteiger partial charge in [-0.25, -0.2) is 9.37 Å². The maximum atomic E-state index is 12.9. The highest BCUT2D eigenvalue weighted by Crippen LogP contribution is 2.23. The second-order valence-corrected chi connectivity index (χ2v) is 7.49. The molecule has 7 heteroatoms. The number of carbonyl (C=O) groups excluding carboxylic acids is 1. The van der Waals surface area contributed by atoms with Crippen molar-refractivity contribution in [3.8, 4) is 0 Å². The molecule has 0 aliphatic rings. The van der Waals surface area contributed by atoms with Crippen molar-refractivity contribution in [2.75, 3.05) is 5.75 Å². The standard InChI is InChI=1S/C20H19ClFN3OS/c1-25-11-10-23-20(25)19(15-4-6-16(21)7-5-15)24-18(26)13-27-12-14-2-8-17(22)9-3-14/h2-11,19H,12-13H2,1H3,(H,24,26)/t19-/m0/s1. The van der Waals surface area contributed by atoms with E-state index >= 15 is 0 Å². The molecule has 0 aliphatic heterocycles. The molecule has 140 valence electrons. The van der Waals surface area contributed by atoms with Crippen molar-refractivity contribution >= 4 is 29.3 Å². The molecule has 1 amide bonds. The Balaban J connectivity index is 1.64. The van der Waals surface area contributed by atoms with Crippen molar-refractivity contribution in [3.05, 3.63) is 88.7 Å². The third-order valence-corrected chi connectivity index (χ3v) is 5.30. The zero-order valence-corrected chi connectivity index (χ0v) is 16.3. The molecule has 0 saturated carbocycles. The normalized spacial score (nSPS) is 12.0. The smallest absolute Gasteiger partial charge is 0.230 e. The first-order valence-electron chi connectivity index (χ1n) is 8.37. The zero-order valence-electron chi connectivity index (χ0n) is 14.7. The minimum absolute atomic E-state index is 0.0925. The van der Waals surface area contributed by atoms with Crippen molar-refractivity contribution in [2.24, 2.45) is 7.05 Å². The molecular weight excluding hydrogens is 385 g/mol. The van der Waals surface area contributed by atoms with Gasteiger partial charge >= 0.3 is 0 Å². The van der Waals surface area contributed by atoms with Crippen molar-refractivity contribution in [1.29, 1.82) is 0 Å². The number of imidazole rings is 1. The van der Waals surface area contributed by atoms with Crippen LogP contribution in [0, 0.1) is 5.82 Å². The first-order valence-corrected chi connectivity index (χ1v) is 9.90. The Morgan fingerprint density at radius 3 is 2.56 bits per heavy atom. The molecule has 0 bridgehead atoms. The third-order valence-electron chi connectivity index (χ3n) is 4.04. The number of hydrogen-bond donors (Lipinski definition) is 1. The van der Waals surface area contributed by atoms with E-state index in [4.69, 9.17) is 11.6 Å². The SMILES string of the molecule is Cn1ccnc1[C@@H](NC(=O)CSCc1ccc(F)cc1)c1ccc(Cl)cc1. The highest BCUT2D eigenvalue weighted by Gasteiger charge is 2.20. The number of halogens is 2. The van der Waals surface area contributed by atoms with E-state index in [0.717, 1.165) is 17.0 Å². The van der Waals surface area contributed by atoms with Gasteiger partial charge in [-0.15, -0.1) is 11.8 Å². The fourth-order valence-corrected chi connectivity index (χ4v) is 3.58. The maximum Gasteiger partial charge on any atom is 0.230 e. The number of carbonyl (C=O) groups is 1. The number of hydrogen-bond acceptors (Lipinski definition) is 3. The number of aromatic nitrogens is 2. The van der Waals surface area contributed by atoms with Crippen LogP contribution in [0.5, 0.6) is 0 Å². The Bertz CT molecular complexity index is 896. The molecule has 27 heavy (non-hydrogen) atoms. The van der Waals surface area contributed by atoms with Gasteiger partial charge in [0.25, 0.3) is 0 Å². The Labute approximate surface area is 166 Å². The van der Waals surface area contributed by atoms with E-state index in [2.05, 4.69) is 10.3 Å². The summed E-state index contributed by atoms with van der Waals surface area (Å²) in [5.74, 6) is 1.33. The van der Waals surface area contributed by atoms with Gasteiger partial charge in [0.2, 0.25) is 5.91 Å². The van der Waals surface area contributed by atoms with E-state index in [1.54, 1.807) is 30.5 Å². The molecule has 1 heterocycles. The van der Waals surface area contributed by atoms with Crippen LogP contribution in [0.4, 0.5) is 4.39 Å². The second kappa shape index (κ2) is 9.06. The van der Waals surface area contributed by atoms with Gasteiger partial charge < -0.3 is 9.88 Å². The van der Waals surface area contributed by atoms with Gasteiger partial charge in [-0.2, -0.15) is 0 Å². The lowest BCUT2D eigenvalue weighted by molar-refractivity contribution is -0.119. The molecule has 0 aliphatic carbocycles.